The lowest BCUT2D eigenvalue weighted by Crippen LogP contribution is -2.41. The fourth-order valence-electron chi connectivity index (χ4n) is 3.39. The molecule has 0 saturated heterocycles. The fraction of sp³-hybridized carbons (Fsp3) is 0.684. The van der Waals surface area contributed by atoms with Crippen LogP contribution in [0.3, 0.4) is 0 Å². The second-order valence-corrected chi connectivity index (χ2v) is 8.02. The third kappa shape index (κ3) is 5.94. The standard InChI is InChI=1S/C19H31N3O/c1-19(2,3)12-17(15-8-7-11-20-13-15)21-18(23)14-22(4)16-9-5-6-10-16/h7-8,11,13,16-17H,5-6,9-10,12,14H2,1-4H3,(H,21,23). The van der Waals surface area contributed by atoms with E-state index in [1.54, 1.807) is 6.20 Å². The molecule has 1 aromatic heterocycles. The summed E-state index contributed by atoms with van der Waals surface area (Å²) >= 11 is 0. The molecule has 2 rings (SSSR count). The van der Waals surface area contributed by atoms with E-state index in [1.807, 2.05) is 18.3 Å². The molecule has 4 nitrogen and oxygen atoms in total. The van der Waals surface area contributed by atoms with Crippen molar-refractivity contribution in [1.29, 1.82) is 0 Å². The second-order valence-electron chi connectivity index (χ2n) is 8.02. The number of carbonyl (C=O) groups is 1. The zero-order valence-corrected chi connectivity index (χ0v) is 15.0. The van der Waals surface area contributed by atoms with Crippen LogP contribution in [0.4, 0.5) is 0 Å². The van der Waals surface area contributed by atoms with Crippen molar-refractivity contribution in [2.24, 2.45) is 5.41 Å². The quantitative estimate of drug-likeness (QED) is 0.872. The summed E-state index contributed by atoms with van der Waals surface area (Å²) in [6.45, 7) is 7.08. The highest BCUT2D eigenvalue weighted by Crippen LogP contribution is 2.29. The lowest BCUT2D eigenvalue weighted by atomic mass is 9.86. The van der Waals surface area contributed by atoms with Crippen LogP contribution in [0.25, 0.3) is 0 Å². The maximum atomic E-state index is 12.5. The average molecular weight is 317 g/mol. The largest absolute Gasteiger partial charge is 0.348 e. The van der Waals surface area contributed by atoms with Gasteiger partial charge >= 0.3 is 0 Å². The fourth-order valence-corrected chi connectivity index (χ4v) is 3.39. The molecule has 0 aromatic carbocycles. The summed E-state index contributed by atoms with van der Waals surface area (Å²) in [5, 5.41) is 3.22. The number of carbonyl (C=O) groups excluding carboxylic acids is 1. The van der Waals surface area contributed by atoms with Gasteiger partial charge in [-0.1, -0.05) is 39.7 Å². The van der Waals surface area contributed by atoms with Gasteiger partial charge in [0.15, 0.2) is 0 Å². The zero-order valence-electron chi connectivity index (χ0n) is 15.0. The van der Waals surface area contributed by atoms with Gasteiger partial charge in [0.2, 0.25) is 5.91 Å². The Morgan fingerprint density at radius 2 is 2.09 bits per heavy atom. The number of hydrogen-bond acceptors (Lipinski definition) is 3. The Labute approximate surface area is 140 Å². The Morgan fingerprint density at radius 3 is 2.65 bits per heavy atom. The molecule has 1 saturated carbocycles. The predicted molar refractivity (Wildman–Crippen MR) is 94.1 cm³/mol. The molecule has 23 heavy (non-hydrogen) atoms. The third-order valence-electron chi connectivity index (χ3n) is 4.58. The van der Waals surface area contributed by atoms with Gasteiger partial charge in [0, 0.05) is 18.4 Å². The molecule has 1 aliphatic carbocycles. The van der Waals surface area contributed by atoms with Crippen molar-refractivity contribution >= 4 is 5.91 Å². The van der Waals surface area contributed by atoms with E-state index in [4.69, 9.17) is 0 Å². The Hall–Kier alpha value is -1.42. The van der Waals surface area contributed by atoms with Crippen molar-refractivity contribution in [2.45, 2.75) is 65.0 Å². The summed E-state index contributed by atoms with van der Waals surface area (Å²) in [5.41, 5.74) is 1.23. The maximum absolute atomic E-state index is 12.5. The number of likely N-dealkylation sites (N-methyl/N-ethyl adjacent to an activating group) is 1. The topological polar surface area (TPSA) is 45.2 Å². The summed E-state index contributed by atoms with van der Waals surface area (Å²) in [6.07, 6.45) is 9.55. The van der Waals surface area contributed by atoms with Crippen LogP contribution < -0.4 is 5.32 Å². The highest BCUT2D eigenvalue weighted by atomic mass is 16.2. The number of nitrogens with zero attached hydrogens (tertiary/aromatic N) is 2. The average Bonchev–Trinajstić information content (AvgIpc) is 3.00. The van der Waals surface area contributed by atoms with Crippen molar-refractivity contribution < 1.29 is 4.79 Å². The van der Waals surface area contributed by atoms with Gasteiger partial charge in [-0.05, 0) is 43.4 Å². The van der Waals surface area contributed by atoms with Crippen LogP contribution >= 0.6 is 0 Å². The minimum absolute atomic E-state index is 0.0215. The molecule has 1 amide bonds. The summed E-state index contributed by atoms with van der Waals surface area (Å²) in [7, 11) is 2.07. The highest BCUT2D eigenvalue weighted by Gasteiger charge is 2.25. The van der Waals surface area contributed by atoms with Crippen molar-refractivity contribution in [3.05, 3.63) is 30.1 Å². The molecule has 0 aliphatic heterocycles. The molecule has 128 valence electrons. The molecule has 1 atom stereocenters. The van der Waals surface area contributed by atoms with E-state index >= 15 is 0 Å². The van der Waals surface area contributed by atoms with E-state index in [1.165, 1.54) is 25.7 Å². The zero-order chi connectivity index (χ0) is 16.9. The van der Waals surface area contributed by atoms with E-state index in [2.05, 4.69) is 43.0 Å². The summed E-state index contributed by atoms with van der Waals surface area (Å²) in [6, 6.07) is 4.57. The monoisotopic (exact) mass is 317 g/mol. The predicted octanol–water partition coefficient (Wildman–Crippen LogP) is 3.55. The molecular weight excluding hydrogens is 286 g/mol. The lowest BCUT2D eigenvalue weighted by Gasteiger charge is -2.29. The van der Waals surface area contributed by atoms with E-state index in [0.29, 0.717) is 12.6 Å². The summed E-state index contributed by atoms with van der Waals surface area (Å²) in [4.78, 5) is 18.9. The number of rotatable bonds is 6. The summed E-state index contributed by atoms with van der Waals surface area (Å²) in [5.74, 6) is 0.109. The second kappa shape index (κ2) is 7.91. The molecule has 1 aromatic rings. The van der Waals surface area contributed by atoms with E-state index < -0.39 is 0 Å². The molecule has 1 unspecified atom stereocenters. The Kier molecular flexibility index (Phi) is 6.17. The van der Waals surface area contributed by atoms with E-state index in [9.17, 15) is 4.79 Å². The van der Waals surface area contributed by atoms with Crippen LogP contribution in [0, 0.1) is 5.41 Å². The van der Waals surface area contributed by atoms with Crippen LogP contribution in [-0.4, -0.2) is 35.4 Å². The minimum Gasteiger partial charge on any atom is -0.348 e. The number of aromatic nitrogens is 1. The maximum Gasteiger partial charge on any atom is 0.234 e. The Balaban J connectivity index is 1.97. The molecule has 0 bridgehead atoms. The summed E-state index contributed by atoms with van der Waals surface area (Å²) < 4.78 is 0. The van der Waals surface area contributed by atoms with Crippen LogP contribution in [0.5, 0.6) is 0 Å². The van der Waals surface area contributed by atoms with Crippen molar-refractivity contribution in [1.82, 2.24) is 15.2 Å². The molecule has 4 heteroatoms. The first-order valence-electron chi connectivity index (χ1n) is 8.75. The Bertz CT molecular complexity index is 489. The Morgan fingerprint density at radius 1 is 1.39 bits per heavy atom. The van der Waals surface area contributed by atoms with Crippen molar-refractivity contribution in [3.8, 4) is 0 Å². The molecule has 0 spiro atoms. The molecule has 1 aliphatic rings. The number of hydrogen-bond donors (Lipinski definition) is 1. The third-order valence-corrected chi connectivity index (χ3v) is 4.58. The van der Waals surface area contributed by atoms with Gasteiger partial charge in [-0.25, -0.2) is 0 Å². The number of pyridine rings is 1. The first kappa shape index (κ1) is 17.9. The number of amides is 1. The van der Waals surface area contributed by atoms with E-state index in [0.717, 1.165) is 12.0 Å². The molecule has 0 radical (unpaired) electrons. The van der Waals surface area contributed by atoms with Gasteiger partial charge in [-0.3, -0.25) is 14.7 Å². The van der Waals surface area contributed by atoms with Gasteiger partial charge in [-0.2, -0.15) is 0 Å². The molecule has 1 fully saturated rings. The van der Waals surface area contributed by atoms with Gasteiger partial charge in [0.05, 0.1) is 12.6 Å². The minimum atomic E-state index is 0.0215. The molecule has 1 heterocycles. The van der Waals surface area contributed by atoms with Crippen molar-refractivity contribution in [3.63, 3.8) is 0 Å². The highest BCUT2D eigenvalue weighted by molar-refractivity contribution is 5.78. The lowest BCUT2D eigenvalue weighted by molar-refractivity contribution is -0.123. The van der Waals surface area contributed by atoms with Gasteiger partial charge in [0.25, 0.3) is 0 Å². The first-order valence-corrected chi connectivity index (χ1v) is 8.75. The molecular formula is C19H31N3O. The SMILES string of the molecule is CN(CC(=O)NC(CC(C)(C)C)c1cccnc1)C1CCCC1. The van der Waals surface area contributed by atoms with Crippen LogP contribution in [0.15, 0.2) is 24.5 Å². The smallest absolute Gasteiger partial charge is 0.234 e. The first-order chi connectivity index (χ1) is 10.8. The van der Waals surface area contributed by atoms with Crippen LogP contribution in [0.1, 0.15) is 64.5 Å². The molecule has 1 N–H and O–H groups in total. The van der Waals surface area contributed by atoms with Gasteiger partial charge in [0.1, 0.15) is 0 Å². The van der Waals surface area contributed by atoms with Crippen LogP contribution in [-0.2, 0) is 4.79 Å². The normalized spacial score (nSPS) is 17.4. The van der Waals surface area contributed by atoms with Crippen LogP contribution in [0.2, 0.25) is 0 Å². The van der Waals surface area contributed by atoms with Crippen molar-refractivity contribution in [2.75, 3.05) is 13.6 Å². The van der Waals surface area contributed by atoms with Gasteiger partial charge < -0.3 is 5.32 Å². The van der Waals surface area contributed by atoms with E-state index in [-0.39, 0.29) is 17.4 Å². The van der Waals surface area contributed by atoms with Gasteiger partial charge in [-0.15, -0.1) is 0 Å². The number of nitrogens with one attached hydrogen (secondary N) is 1.